The van der Waals surface area contributed by atoms with Crippen molar-refractivity contribution in [1.82, 2.24) is 16.2 Å². The average molecular weight is 406 g/mol. The minimum atomic E-state index is -0.414. The average Bonchev–Trinajstić information content (AvgIpc) is 2.66. The van der Waals surface area contributed by atoms with Gasteiger partial charge in [0.25, 0.3) is 11.8 Å². The number of ether oxygens (including phenoxy) is 1. The first-order valence-electron chi connectivity index (χ1n) is 8.33. The van der Waals surface area contributed by atoms with E-state index in [-0.39, 0.29) is 11.2 Å². The first-order valence-corrected chi connectivity index (χ1v) is 9.11. The van der Waals surface area contributed by atoms with Crippen LogP contribution >= 0.6 is 23.8 Å². The van der Waals surface area contributed by atoms with Gasteiger partial charge < -0.3 is 4.74 Å². The van der Waals surface area contributed by atoms with Gasteiger partial charge in [0.05, 0.1) is 6.10 Å². The molecule has 0 saturated carbocycles. The van der Waals surface area contributed by atoms with Crippen molar-refractivity contribution in [3.8, 4) is 5.75 Å². The molecule has 142 valence electrons. The molecule has 0 aliphatic heterocycles. The largest absolute Gasteiger partial charge is 0.491 e. The number of carbonyl (C=O) groups is 2. The second kappa shape index (κ2) is 9.89. The summed E-state index contributed by atoms with van der Waals surface area (Å²) in [7, 11) is 0. The fourth-order valence-electron chi connectivity index (χ4n) is 2.02. The van der Waals surface area contributed by atoms with Gasteiger partial charge in [0.1, 0.15) is 5.75 Å². The number of hydrogen-bond donors (Lipinski definition) is 3. The van der Waals surface area contributed by atoms with Crippen LogP contribution in [0.4, 0.5) is 0 Å². The van der Waals surface area contributed by atoms with Crippen LogP contribution in [0.15, 0.2) is 48.5 Å². The predicted octanol–water partition coefficient (Wildman–Crippen LogP) is 3.47. The first-order chi connectivity index (χ1) is 12.9. The van der Waals surface area contributed by atoms with Crippen molar-refractivity contribution in [2.24, 2.45) is 0 Å². The summed E-state index contributed by atoms with van der Waals surface area (Å²) in [6, 6.07) is 13.1. The second-order valence-electron chi connectivity index (χ2n) is 5.73. The van der Waals surface area contributed by atoms with E-state index >= 15 is 0 Å². The fourth-order valence-corrected chi connectivity index (χ4v) is 2.29. The van der Waals surface area contributed by atoms with Gasteiger partial charge >= 0.3 is 0 Å². The number of thiocarbonyl (C=S) groups is 1. The highest BCUT2D eigenvalue weighted by molar-refractivity contribution is 7.80. The van der Waals surface area contributed by atoms with Crippen LogP contribution in [0.2, 0.25) is 5.02 Å². The zero-order valence-electron chi connectivity index (χ0n) is 14.9. The van der Waals surface area contributed by atoms with Gasteiger partial charge in [-0.25, -0.2) is 0 Å². The molecule has 0 radical (unpaired) electrons. The van der Waals surface area contributed by atoms with E-state index in [4.69, 9.17) is 28.6 Å². The fraction of sp³-hybridized carbons (Fsp3) is 0.211. The molecule has 0 saturated heterocycles. The van der Waals surface area contributed by atoms with Crippen molar-refractivity contribution in [3.63, 3.8) is 0 Å². The third kappa shape index (κ3) is 6.54. The van der Waals surface area contributed by atoms with Gasteiger partial charge in [0.2, 0.25) is 0 Å². The number of rotatable bonds is 5. The van der Waals surface area contributed by atoms with Crippen molar-refractivity contribution in [3.05, 3.63) is 64.7 Å². The highest BCUT2D eigenvalue weighted by Crippen LogP contribution is 2.16. The maximum atomic E-state index is 12.3. The topological polar surface area (TPSA) is 79.5 Å². The Bertz CT molecular complexity index is 827. The molecule has 2 rings (SSSR count). The minimum absolute atomic E-state index is 0.0319. The monoisotopic (exact) mass is 405 g/mol. The number of carbonyl (C=O) groups excluding carboxylic acids is 2. The number of amides is 2. The van der Waals surface area contributed by atoms with Gasteiger partial charge in [-0.1, -0.05) is 24.6 Å². The Labute approximate surface area is 168 Å². The molecule has 0 aliphatic carbocycles. The van der Waals surface area contributed by atoms with Crippen LogP contribution in [-0.4, -0.2) is 23.0 Å². The quantitative estimate of drug-likeness (QED) is 0.524. The molecule has 2 aromatic rings. The Balaban J connectivity index is 1.88. The van der Waals surface area contributed by atoms with Crippen LogP contribution in [0.1, 0.15) is 41.0 Å². The lowest BCUT2D eigenvalue weighted by atomic mass is 10.2. The standard InChI is InChI=1S/C19H20ClN3O3S/c1-3-12(2)26-16-6-4-5-14(11-16)17(24)21-19(27)23-22-18(25)13-7-9-15(20)10-8-13/h4-12H,3H2,1-2H3,(H,22,25)(H2,21,23,24,27)/t12-/m0/s1. The van der Waals surface area contributed by atoms with E-state index in [1.807, 2.05) is 13.8 Å². The Morgan fingerprint density at radius 1 is 1.07 bits per heavy atom. The van der Waals surface area contributed by atoms with E-state index in [1.54, 1.807) is 48.5 Å². The molecule has 0 heterocycles. The zero-order chi connectivity index (χ0) is 19.8. The third-order valence-corrected chi connectivity index (χ3v) is 4.09. The van der Waals surface area contributed by atoms with Gasteiger partial charge in [0, 0.05) is 16.1 Å². The highest BCUT2D eigenvalue weighted by atomic mass is 35.5. The van der Waals surface area contributed by atoms with E-state index in [9.17, 15) is 9.59 Å². The lowest BCUT2D eigenvalue weighted by molar-refractivity contribution is 0.0934. The molecule has 0 aliphatic rings. The molecule has 6 nitrogen and oxygen atoms in total. The minimum Gasteiger partial charge on any atom is -0.491 e. The van der Waals surface area contributed by atoms with Crippen molar-refractivity contribution in [2.45, 2.75) is 26.4 Å². The van der Waals surface area contributed by atoms with Crippen molar-refractivity contribution >= 4 is 40.7 Å². The lowest BCUT2D eigenvalue weighted by Crippen LogP contribution is -2.48. The molecular formula is C19H20ClN3O3S. The van der Waals surface area contributed by atoms with E-state index in [2.05, 4.69) is 16.2 Å². The van der Waals surface area contributed by atoms with Gasteiger partial charge in [0.15, 0.2) is 5.11 Å². The molecule has 0 unspecified atom stereocenters. The van der Waals surface area contributed by atoms with Crippen LogP contribution in [0, 0.1) is 0 Å². The SMILES string of the molecule is CC[C@H](C)Oc1cccc(C(=O)NC(=S)NNC(=O)c2ccc(Cl)cc2)c1. The summed E-state index contributed by atoms with van der Waals surface area (Å²) in [5.74, 6) is -0.220. The lowest BCUT2D eigenvalue weighted by Gasteiger charge is -2.14. The molecule has 27 heavy (non-hydrogen) atoms. The Morgan fingerprint density at radius 3 is 2.44 bits per heavy atom. The number of hydrazine groups is 1. The number of halogens is 1. The summed E-state index contributed by atoms with van der Waals surface area (Å²) in [4.78, 5) is 24.3. The molecule has 1 atom stereocenters. The molecule has 0 fully saturated rings. The molecule has 0 bridgehead atoms. The summed E-state index contributed by atoms with van der Waals surface area (Å²) in [5.41, 5.74) is 5.69. The Morgan fingerprint density at radius 2 is 1.78 bits per heavy atom. The van der Waals surface area contributed by atoms with Gasteiger partial charge in [-0.15, -0.1) is 0 Å². The summed E-state index contributed by atoms with van der Waals surface area (Å²) in [5, 5.41) is 2.99. The molecule has 2 aromatic carbocycles. The van der Waals surface area contributed by atoms with Crippen molar-refractivity contribution in [1.29, 1.82) is 0 Å². The van der Waals surface area contributed by atoms with Gasteiger partial charge in [-0.3, -0.25) is 25.8 Å². The highest BCUT2D eigenvalue weighted by Gasteiger charge is 2.11. The molecule has 0 spiro atoms. The smallest absolute Gasteiger partial charge is 0.269 e. The van der Waals surface area contributed by atoms with Crippen LogP contribution in [-0.2, 0) is 0 Å². The predicted molar refractivity (Wildman–Crippen MR) is 109 cm³/mol. The number of benzene rings is 2. The molecular weight excluding hydrogens is 386 g/mol. The molecule has 8 heteroatoms. The number of hydrogen-bond acceptors (Lipinski definition) is 4. The summed E-state index contributed by atoms with van der Waals surface area (Å²) in [6.45, 7) is 3.97. The first kappa shape index (κ1) is 20.7. The summed E-state index contributed by atoms with van der Waals surface area (Å²) in [6.07, 6.45) is 0.909. The molecule has 2 amide bonds. The van der Waals surface area contributed by atoms with E-state index in [0.29, 0.717) is 21.9 Å². The van der Waals surface area contributed by atoms with E-state index in [1.165, 1.54) is 0 Å². The normalized spacial score (nSPS) is 11.2. The number of nitrogens with one attached hydrogen (secondary N) is 3. The maximum absolute atomic E-state index is 12.3. The van der Waals surface area contributed by atoms with Crippen LogP contribution in [0.3, 0.4) is 0 Å². The summed E-state index contributed by atoms with van der Waals surface area (Å²) < 4.78 is 5.70. The van der Waals surface area contributed by atoms with Crippen LogP contribution in [0.25, 0.3) is 0 Å². The van der Waals surface area contributed by atoms with Crippen molar-refractivity contribution in [2.75, 3.05) is 0 Å². The van der Waals surface area contributed by atoms with Crippen molar-refractivity contribution < 1.29 is 14.3 Å². The van der Waals surface area contributed by atoms with Gasteiger partial charge in [-0.05, 0) is 68.0 Å². The third-order valence-electron chi connectivity index (χ3n) is 3.63. The zero-order valence-corrected chi connectivity index (χ0v) is 16.5. The van der Waals surface area contributed by atoms with Crippen LogP contribution in [0.5, 0.6) is 5.75 Å². The van der Waals surface area contributed by atoms with Gasteiger partial charge in [-0.2, -0.15) is 0 Å². The molecule has 3 N–H and O–H groups in total. The maximum Gasteiger partial charge on any atom is 0.269 e. The Hall–Kier alpha value is -2.64. The van der Waals surface area contributed by atoms with E-state index < -0.39 is 11.8 Å². The second-order valence-corrected chi connectivity index (χ2v) is 6.58. The summed E-state index contributed by atoms with van der Waals surface area (Å²) >= 11 is 10.8. The molecule has 0 aromatic heterocycles. The van der Waals surface area contributed by atoms with E-state index in [0.717, 1.165) is 6.42 Å². The van der Waals surface area contributed by atoms with Crippen LogP contribution < -0.4 is 20.9 Å². The Kier molecular flexibility index (Phi) is 7.57.